The Labute approximate surface area is 130 Å². The fourth-order valence-corrected chi connectivity index (χ4v) is 2.21. The maximum Gasteiger partial charge on any atom is 0.272 e. The third-order valence-electron chi connectivity index (χ3n) is 3.76. The second-order valence-corrected chi connectivity index (χ2v) is 5.68. The summed E-state index contributed by atoms with van der Waals surface area (Å²) in [5.74, 6) is -0.0490. The minimum Gasteiger partial charge on any atom is -0.381 e. The molecule has 0 bridgehead atoms. The average Bonchev–Trinajstić information content (AvgIpc) is 3.37. The number of hydrogen-bond donors (Lipinski definition) is 1. The minimum absolute atomic E-state index is 0.0490. The van der Waals surface area contributed by atoms with Crippen molar-refractivity contribution in [1.29, 1.82) is 0 Å². The highest BCUT2D eigenvalue weighted by Crippen LogP contribution is 2.24. The van der Waals surface area contributed by atoms with E-state index < -0.39 is 0 Å². The van der Waals surface area contributed by atoms with Crippen LogP contribution in [0.15, 0.2) is 42.9 Å². The number of carbonyl (C=O) groups is 1. The van der Waals surface area contributed by atoms with Gasteiger partial charge in [-0.1, -0.05) is 0 Å². The topological polar surface area (TPSA) is 58.1 Å². The van der Waals surface area contributed by atoms with E-state index in [4.69, 9.17) is 0 Å². The smallest absolute Gasteiger partial charge is 0.272 e. The number of aromatic nitrogens is 2. The van der Waals surface area contributed by atoms with Crippen molar-refractivity contribution in [1.82, 2.24) is 14.9 Å². The highest BCUT2D eigenvalue weighted by molar-refractivity contribution is 5.92. The van der Waals surface area contributed by atoms with Crippen molar-refractivity contribution < 1.29 is 4.79 Å². The van der Waals surface area contributed by atoms with Gasteiger partial charge in [-0.25, -0.2) is 4.98 Å². The second-order valence-electron chi connectivity index (χ2n) is 5.68. The van der Waals surface area contributed by atoms with Crippen LogP contribution in [0.3, 0.4) is 0 Å². The molecule has 114 valence electrons. The Morgan fingerprint density at radius 2 is 2.05 bits per heavy atom. The highest BCUT2D eigenvalue weighted by Gasteiger charge is 2.21. The van der Waals surface area contributed by atoms with E-state index in [0.29, 0.717) is 18.3 Å². The number of carbonyl (C=O) groups excluding carboxylic acids is 1. The van der Waals surface area contributed by atoms with Gasteiger partial charge in [0.15, 0.2) is 0 Å². The first-order valence-corrected chi connectivity index (χ1v) is 7.59. The molecule has 22 heavy (non-hydrogen) atoms. The molecule has 0 aromatic carbocycles. The van der Waals surface area contributed by atoms with Crippen LogP contribution in [0, 0.1) is 0 Å². The quantitative estimate of drug-likeness (QED) is 0.889. The van der Waals surface area contributed by atoms with Crippen molar-refractivity contribution in [2.24, 2.45) is 0 Å². The van der Waals surface area contributed by atoms with E-state index in [1.54, 1.807) is 29.6 Å². The van der Waals surface area contributed by atoms with Gasteiger partial charge >= 0.3 is 0 Å². The SMILES string of the molecule is CN(CCc1ccncc1)C(=O)c1ccc(NC2CC2)cn1. The number of anilines is 1. The number of nitrogens with zero attached hydrogens (tertiary/aromatic N) is 3. The van der Waals surface area contributed by atoms with E-state index in [2.05, 4.69) is 15.3 Å². The lowest BCUT2D eigenvalue weighted by molar-refractivity contribution is 0.0791. The number of likely N-dealkylation sites (N-methyl/N-ethyl adjacent to an activating group) is 1. The van der Waals surface area contributed by atoms with Gasteiger partial charge in [0.25, 0.3) is 5.91 Å². The molecule has 1 N–H and O–H groups in total. The normalized spacial score (nSPS) is 13.7. The van der Waals surface area contributed by atoms with Crippen LogP contribution in [-0.2, 0) is 6.42 Å². The Bertz CT molecular complexity index is 623. The van der Waals surface area contributed by atoms with Crippen LogP contribution >= 0.6 is 0 Å². The molecule has 1 aliphatic carbocycles. The fourth-order valence-electron chi connectivity index (χ4n) is 2.21. The van der Waals surface area contributed by atoms with Crippen LogP contribution in [0.2, 0.25) is 0 Å². The molecule has 5 heteroatoms. The predicted molar refractivity (Wildman–Crippen MR) is 85.8 cm³/mol. The number of nitrogens with one attached hydrogen (secondary N) is 1. The van der Waals surface area contributed by atoms with E-state index in [9.17, 15) is 4.79 Å². The molecule has 2 aromatic rings. The maximum atomic E-state index is 12.3. The zero-order chi connectivity index (χ0) is 15.4. The van der Waals surface area contributed by atoms with Gasteiger partial charge in [-0.05, 0) is 49.1 Å². The predicted octanol–water partition coefficient (Wildman–Crippen LogP) is 2.37. The summed E-state index contributed by atoms with van der Waals surface area (Å²) >= 11 is 0. The molecule has 1 amide bonds. The first-order valence-electron chi connectivity index (χ1n) is 7.59. The lowest BCUT2D eigenvalue weighted by Gasteiger charge is -2.16. The summed E-state index contributed by atoms with van der Waals surface area (Å²) < 4.78 is 0. The molecular weight excluding hydrogens is 276 g/mol. The van der Waals surface area contributed by atoms with Crippen LogP contribution in [0.25, 0.3) is 0 Å². The number of amides is 1. The largest absolute Gasteiger partial charge is 0.381 e. The zero-order valence-corrected chi connectivity index (χ0v) is 12.7. The van der Waals surface area contributed by atoms with Crippen molar-refractivity contribution in [3.05, 3.63) is 54.1 Å². The zero-order valence-electron chi connectivity index (χ0n) is 12.7. The number of pyridine rings is 2. The molecule has 3 rings (SSSR count). The van der Waals surface area contributed by atoms with Crippen LogP contribution < -0.4 is 5.32 Å². The van der Waals surface area contributed by atoms with Crippen molar-refractivity contribution in [2.45, 2.75) is 25.3 Å². The van der Waals surface area contributed by atoms with Crippen molar-refractivity contribution >= 4 is 11.6 Å². The summed E-state index contributed by atoms with van der Waals surface area (Å²) in [5, 5.41) is 3.36. The molecule has 0 spiro atoms. The van der Waals surface area contributed by atoms with Gasteiger partial charge in [-0.2, -0.15) is 0 Å². The van der Waals surface area contributed by atoms with Gasteiger partial charge in [0.2, 0.25) is 0 Å². The Morgan fingerprint density at radius 3 is 2.68 bits per heavy atom. The Kier molecular flexibility index (Phi) is 4.32. The Hall–Kier alpha value is -2.43. The second kappa shape index (κ2) is 6.56. The summed E-state index contributed by atoms with van der Waals surface area (Å²) in [7, 11) is 1.81. The molecule has 1 aliphatic rings. The lowest BCUT2D eigenvalue weighted by Crippen LogP contribution is -2.29. The molecule has 0 aliphatic heterocycles. The molecule has 1 fully saturated rings. The number of rotatable bonds is 6. The van der Waals surface area contributed by atoms with Crippen LogP contribution in [-0.4, -0.2) is 40.4 Å². The molecule has 2 aromatic heterocycles. The van der Waals surface area contributed by atoms with E-state index in [-0.39, 0.29) is 5.91 Å². The molecule has 0 atom stereocenters. The van der Waals surface area contributed by atoms with E-state index >= 15 is 0 Å². The van der Waals surface area contributed by atoms with Crippen molar-refractivity contribution in [3.8, 4) is 0 Å². The molecule has 0 saturated heterocycles. The first kappa shape index (κ1) is 14.5. The molecule has 0 radical (unpaired) electrons. The van der Waals surface area contributed by atoms with Gasteiger partial charge in [0.1, 0.15) is 5.69 Å². The molecular formula is C17H20N4O. The summed E-state index contributed by atoms with van der Waals surface area (Å²) in [6.45, 7) is 0.659. The summed E-state index contributed by atoms with van der Waals surface area (Å²) in [6.07, 6.45) is 8.53. The summed E-state index contributed by atoms with van der Waals surface area (Å²) in [4.78, 5) is 22.3. The van der Waals surface area contributed by atoms with Gasteiger partial charge < -0.3 is 10.2 Å². The summed E-state index contributed by atoms with van der Waals surface area (Å²) in [6, 6.07) is 8.24. The van der Waals surface area contributed by atoms with Crippen molar-refractivity contribution in [2.75, 3.05) is 18.9 Å². The lowest BCUT2D eigenvalue weighted by atomic mass is 10.2. The Balaban J connectivity index is 1.55. The minimum atomic E-state index is -0.0490. The van der Waals surface area contributed by atoms with E-state index in [0.717, 1.165) is 12.1 Å². The monoisotopic (exact) mass is 296 g/mol. The molecule has 5 nitrogen and oxygen atoms in total. The Morgan fingerprint density at radius 1 is 1.27 bits per heavy atom. The average molecular weight is 296 g/mol. The van der Waals surface area contributed by atoms with E-state index in [1.807, 2.05) is 25.2 Å². The van der Waals surface area contributed by atoms with Crippen LogP contribution in [0.4, 0.5) is 5.69 Å². The number of hydrogen-bond acceptors (Lipinski definition) is 4. The standard InChI is InChI=1S/C17H20N4O/c1-21(11-8-13-6-9-18-10-7-13)17(22)16-5-4-15(12-19-16)20-14-2-3-14/h4-7,9-10,12,14,20H,2-3,8,11H2,1H3. The summed E-state index contributed by atoms with van der Waals surface area (Å²) in [5.41, 5.74) is 2.64. The molecule has 1 saturated carbocycles. The van der Waals surface area contributed by atoms with Crippen LogP contribution in [0.5, 0.6) is 0 Å². The van der Waals surface area contributed by atoms with Crippen LogP contribution in [0.1, 0.15) is 28.9 Å². The third kappa shape index (κ3) is 3.81. The van der Waals surface area contributed by atoms with Gasteiger partial charge in [0.05, 0.1) is 11.9 Å². The van der Waals surface area contributed by atoms with E-state index in [1.165, 1.54) is 18.4 Å². The maximum absolute atomic E-state index is 12.3. The fraction of sp³-hybridized carbons (Fsp3) is 0.353. The van der Waals surface area contributed by atoms with Gasteiger partial charge in [0, 0.05) is 32.0 Å². The molecule has 2 heterocycles. The van der Waals surface area contributed by atoms with Gasteiger partial charge in [-0.15, -0.1) is 0 Å². The first-order chi connectivity index (χ1) is 10.7. The highest BCUT2D eigenvalue weighted by atomic mass is 16.2. The molecule has 0 unspecified atom stereocenters. The third-order valence-corrected chi connectivity index (χ3v) is 3.76. The van der Waals surface area contributed by atoms with Gasteiger partial charge in [-0.3, -0.25) is 9.78 Å². The van der Waals surface area contributed by atoms with Crippen molar-refractivity contribution in [3.63, 3.8) is 0 Å².